The normalized spacial score (nSPS) is 22.3. The van der Waals surface area contributed by atoms with Crippen LogP contribution in [0.15, 0.2) is 66.2 Å². The molecule has 6 rings (SSSR count). The van der Waals surface area contributed by atoms with Crippen LogP contribution in [0.3, 0.4) is 0 Å². The second kappa shape index (κ2) is 25.1. The second-order valence-electron chi connectivity index (χ2n) is 15.4. The molecule has 0 spiro atoms. The van der Waals surface area contributed by atoms with Crippen molar-refractivity contribution >= 4 is 0 Å². The lowest BCUT2D eigenvalue weighted by Gasteiger charge is -2.24. The van der Waals surface area contributed by atoms with Crippen LogP contribution < -0.4 is 0 Å². The van der Waals surface area contributed by atoms with Gasteiger partial charge in [-0.25, -0.2) is 13.2 Å². The van der Waals surface area contributed by atoms with Crippen molar-refractivity contribution in [1.29, 1.82) is 0 Å². The lowest BCUT2D eigenvalue weighted by molar-refractivity contribution is -0.187. The molecule has 3 aromatic rings. The average molecular weight is 711 g/mol. The summed E-state index contributed by atoms with van der Waals surface area (Å²) in [5.41, 5.74) is 6.62. The van der Waals surface area contributed by atoms with Crippen LogP contribution in [0.2, 0.25) is 0 Å². The smallest absolute Gasteiger partial charge is 0.154 e. The molecule has 1 atom stereocenters. The molecule has 1 heterocycles. The van der Waals surface area contributed by atoms with Crippen LogP contribution >= 0.6 is 0 Å². The summed E-state index contributed by atoms with van der Waals surface area (Å²) in [5.74, 6) is 2.49. The van der Waals surface area contributed by atoms with E-state index in [-0.39, 0.29) is 17.7 Å². The monoisotopic (exact) mass is 711 g/mol. The number of hydrogen-bond acceptors (Lipinski definition) is 2. The standard InChI is InChI=1S/C8H8F2.C8H9F.C8H16.C8H14.C8H10.C6H12O2/c1-5-3-7(9)6(2)8(10)4-5;1-6-3-4-7(2)8(9)5-6;3*1-7-3-5-8(2)6-4-7;1-5-3-7-6(2)8-4-5/h3-4H,1-2H3;3-5H,1-2H3;7-8H,3-6H2,1-2H3;3,8H,4-6H2,1-2H3;3-6H,1-2H3;5-6H,3-4H2,1-2H3. The van der Waals surface area contributed by atoms with E-state index < -0.39 is 11.6 Å². The summed E-state index contributed by atoms with van der Waals surface area (Å²) in [5, 5.41) is 0. The Bertz CT molecular complexity index is 1310. The Labute approximate surface area is 310 Å². The number of ether oxygens (including phenoxy) is 2. The highest BCUT2D eigenvalue weighted by molar-refractivity contribution is 5.24. The van der Waals surface area contributed by atoms with E-state index >= 15 is 0 Å². The van der Waals surface area contributed by atoms with Gasteiger partial charge in [-0.3, -0.25) is 0 Å². The van der Waals surface area contributed by atoms with Crippen LogP contribution in [-0.2, 0) is 9.47 Å². The summed E-state index contributed by atoms with van der Waals surface area (Å²) in [7, 11) is 0. The molecule has 51 heavy (non-hydrogen) atoms. The topological polar surface area (TPSA) is 18.5 Å². The van der Waals surface area contributed by atoms with E-state index in [1.165, 1.54) is 81.2 Å². The molecule has 2 nitrogen and oxygen atoms in total. The molecule has 0 amide bonds. The lowest BCUT2D eigenvalue weighted by Crippen LogP contribution is -2.27. The van der Waals surface area contributed by atoms with Gasteiger partial charge in [-0.2, -0.15) is 0 Å². The van der Waals surface area contributed by atoms with E-state index in [1.807, 2.05) is 19.9 Å². The molecule has 1 unspecified atom stereocenters. The SMILES string of the molecule is CC1=CCC(C)CC1.CC1CCC(C)CC1.CC1COC(C)OC1.Cc1cc(F)c(C)c(F)c1.Cc1ccc(C)c(F)c1.Cc1ccc(C)cc1. The van der Waals surface area contributed by atoms with Crippen molar-refractivity contribution in [1.82, 2.24) is 0 Å². The van der Waals surface area contributed by atoms with Gasteiger partial charge >= 0.3 is 0 Å². The van der Waals surface area contributed by atoms with Gasteiger partial charge in [-0.15, -0.1) is 0 Å². The third kappa shape index (κ3) is 21.9. The summed E-state index contributed by atoms with van der Waals surface area (Å²) in [6, 6.07) is 16.3. The highest BCUT2D eigenvalue weighted by Crippen LogP contribution is 2.27. The Balaban J connectivity index is 0.000000307. The average Bonchev–Trinajstić information content (AvgIpc) is 3.09. The van der Waals surface area contributed by atoms with Crippen LogP contribution in [0.1, 0.15) is 120 Å². The van der Waals surface area contributed by atoms with Crippen molar-refractivity contribution in [3.63, 3.8) is 0 Å². The fraction of sp³-hybridized carbons (Fsp3) is 0.565. The first kappa shape index (κ1) is 46.1. The zero-order chi connectivity index (χ0) is 38.5. The minimum absolute atomic E-state index is 0.0196. The minimum atomic E-state index is -0.475. The summed E-state index contributed by atoms with van der Waals surface area (Å²) in [6.07, 6.45) is 12.3. The van der Waals surface area contributed by atoms with Gasteiger partial charge in [0.2, 0.25) is 0 Å². The molecular weight excluding hydrogens is 641 g/mol. The Morgan fingerprint density at radius 2 is 0.922 bits per heavy atom. The second-order valence-corrected chi connectivity index (χ2v) is 15.4. The van der Waals surface area contributed by atoms with Gasteiger partial charge in [-0.05, 0) is 127 Å². The van der Waals surface area contributed by atoms with Gasteiger partial charge in [0, 0.05) is 11.5 Å². The van der Waals surface area contributed by atoms with Crippen molar-refractivity contribution in [3.8, 4) is 0 Å². The van der Waals surface area contributed by atoms with Gasteiger partial charge in [0.15, 0.2) is 6.29 Å². The van der Waals surface area contributed by atoms with Crippen molar-refractivity contribution in [2.75, 3.05) is 13.2 Å². The van der Waals surface area contributed by atoms with Gasteiger partial charge in [0.25, 0.3) is 0 Å². The summed E-state index contributed by atoms with van der Waals surface area (Å²) >= 11 is 0. The van der Waals surface area contributed by atoms with E-state index in [0.29, 0.717) is 17.0 Å². The van der Waals surface area contributed by atoms with Crippen LogP contribution in [0.25, 0.3) is 0 Å². The highest BCUT2D eigenvalue weighted by atomic mass is 19.1. The summed E-state index contributed by atoms with van der Waals surface area (Å²) < 4.78 is 48.1. The first-order valence-electron chi connectivity index (χ1n) is 19.0. The number of hydrogen-bond donors (Lipinski definition) is 0. The number of benzene rings is 3. The molecule has 3 aromatic carbocycles. The maximum Gasteiger partial charge on any atom is 0.154 e. The van der Waals surface area contributed by atoms with Gasteiger partial charge in [-0.1, -0.05) is 113 Å². The Hall–Kier alpha value is -2.89. The van der Waals surface area contributed by atoms with E-state index in [0.717, 1.165) is 36.5 Å². The molecule has 286 valence electrons. The first-order valence-corrected chi connectivity index (χ1v) is 19.0. The molecule has 2 fully saturated rings. The van der Waals surface area contributed by atoms with E-state index in [2.05, 4.69) is 78.8 Å². The van der Waals surface area contributed by atoms with Crippen LogP contribution in [-0.4, -0.2) is 19.5 Å². The zero-order valence-corrected chi connectivity index (χ0v) is 34.0. The van der Waals surface area contributed by atoms with Gasteiger partial charge in [0.1, 0.15) is 17.5 Å². The molecule has 3 aliphatic rings. The molecule has 0 aromatic heterocycles. The predicted octanol–water partition coefficient (Wildman–Crippen LogP) is 13.9. The van der Waals surface area contributed by atoms with Crippen molar-refractivity contribution in [3.05, 3.63) is 117 Å². The first-order chi connectivity index (χ1) is 24.0. The molecule has 2 aliphatic carbocycles. The third-order valence-corrected chi connectivity index (χ3v) is 9.41. The van der Waals surface area contributed by atoms with E-state index in [9.17, 15) is 13.2 Å². The quantitative estimate of drug-likeness (QED) is 0.216. The van der Waals surface area contributed by atoms with Crippen LogP contribution in [0.5, 0.6) is 0 Å². The van der Waals surface area contributed by atoms with Gasteiger partial charge < -0.3 is 9.47 Å². The Morgan fingerprint density at radius 3 is 1.27 bits per heavy atom. The van der Waals surface area contributed by atoms with E-state index in [4.69, 9.17) is 9.47 Å². The molecule has 1 aliphatic heterocycles. The summed E-state index contributed by atoms with van der Waals surface area (Å²) in [6.45, 7) is 25.9. The van der Waals surface area contributed by atoms with Gasteiger partial charge in [0.05, 0.1) is 13.2 Å². The van der Waals surface area contributed by atoms with Crippen molar-refractivity contribution < 1.29 is 22.6 Å². The predicted molar refractivity (Wildman–Crippen MR) is 212 cm³/mol. The molecule has 1 saturated heterocycles. The minimum Gasteiger partial charge on any atom is -0.353 e. The largest absolute Gasteiger partial charge is 0.353 e. The van der Waals surface area contributed by atoms with Crippen molar-refractivity contribution in [2.24, 2.45) is 23.7 Å². The number of allylic oxidation sites excluding steroid dienone is 2. The Morgan fingerprint density at radius 1 is 0.490 bits per heavy atom. The molecule has 1 saturated carbocycles. The maximum absolute atomic E-state index is 12.6. The highest BCUT2D eigenvalue weighted by Gasteiger charge is 2.14. The molecule has 5 heteroatoms. The molecule has 0 N–H and O–H groups in total. The summed E-state index contributed by atoms with van der Waals surface area (Å²) in [4.78, 5) is 0. The number of aryl methyl sites for hydroxylation is 5. The third-order valence-electron chi connectivity index (χ3n) is 9.41. The fourth-order valence-electron chi connectivity index (χ4n) is 5.33. The zero-order valence-electron chi connectivity index (χ0n) is 34.0. The van der Waals surface area contributed by atoms with Crippen LogP contribution in [0.4, 0.5) is 13.2 Å². The van der Waals surface area contributed by atoms with Crippen LogP contribution in [0, 0.1) is 82.7 Å². The maximum atomic E-state index is 12.6. The molecular formula is C46H69F3O2. The number of rotatable bonds is 0. The van der Waals surface area contributed by atoms with E-state index in [1.54, 1.807) is 25.5 Å². The number of halogens is 3. The lowest BCUT2D eigenvalue weighted by atomic mass is 9.84. The fourth-order valence-corrected chi connectivity index (χ4v) is 5.33. The molecule has 0 radical (unpaired) electrons. The Kier molecular flexibility index (Phi) is 22.7. The van der Waals surface area contributed by atoms with Crippen molar-refractivity contribution in [2.45, 2.75) is 134 Å². The molecule has 0 bridgehead atoms.